The molecule has 2 heterocycles. The van der Waals surface area contributed by atoms with Crippen LogP contribution in [0.1, 0.15) is 25.3 Å². The molecule has 2 aromatic rings. The van der Waals surface area contributed by atoms with Gasteiger partial charge in [0.2, 0.25) is 5.91 Å². The first-order valence-electron chi connectivity index (χ1n) is 8.43. The fraction of sp³-hybridized carbons (Fsp3) is 0.412. The summed E-state index contributed by atoms with van der Waals surface area (Å²) in [4.78, 5) is 41.8. The van der Waals surface area contributed by atoms with E-state index in [1.54, 1.807) is 30.9 Å². The quantitative estimate of drug-likeness (QED) is 0.756. The first-order valence-corrected chi connectivity index (χ1v) is 8.43. The minimum absolute atomic E-state index is 0.0162. The predicted octanol–water partition coefficient (Wildman–Crippen LogP) is 1.41. The Hall–Kier alpha value is -3.10. The van der Waals surface area contributed by atoms with E-state index in [4.69, 9.17) is 10.2 Å². The molecular formula is C17H21N5O4. The second kappa shape index (κ2) is 7.03. The van der Waals surface area contributed by atoms with Crippen LogP contribution in [0, 0.1) is 6.92 Å². The Kier molecular flexibility index (Phi) is 4.79. The normalized spacial score (nSPS) is 15.1. The Labute approximate surface area is 149 Å². The van der Waals surface area contributed by atoms with E-state index >= 15 is 0 Å². The van der Waals surface area contributed by atoms with E-state index < -0.39 is 17.7 Å². The van der Waals surface area contributed by atoms with Crippen molar-refractivity contribution in [3.63, 3.8) is 0 Å². The van der Waals surface area contributed by atoms with Crippen molar-refractivity contribution in [1.29, 1.82) is 0 Å². The highest BCUT2D eigenvalue weighted by Gasteiger charge is 2.24. The lowest BCUT2D eigenvalue weighted by Gasteiger charge is -2.20. The summed E-state index contributed by atoms with van der Waals surface area (Å²) in [6.07, 6.45) is 2.01. The zero-order valence-corrected chi connectivity index (χ0v) is 14.7. The lowest BCUT2D eigenvalue weighted by Crippen LogP contribution is -2.39. The third-order valence-electron chi connectivity index (χ3n) is 4.44. The third-order valence-corrected chi connectivity index (χ3v) is 4.44. The van der Waals surface area contributed by atoms with Crippen LogP contribution in [0.2, 0.25) is 0 Å². The molecule has 9 heteroatoms. The maximum absolute atomic E-state index is 12.4. The van der Waals surface area contributed by atoms with Gasteiger partial charge in [-0.25, -0.2) is 9.59 Å². The number of hydrogen-bond donors (Lipinski definition) is 3. The van der Waals surface area contributed by atoms with E-state index in [2.05, 4.69) is 15.6 Å². The van der Waals surface area contributed by atoms with Crippen molar-refractivity contribution in [2.45, 2.75) is 32.7 Å². The molecule has 1 atom stereocenters. The second-order valence-corrected chi connectivity index (χ2v) is 6.33. The summed E-state index contributed by atoms with van der Waals surface area (Å²) in [6, 6.07) is 1.90. The van der Waals surface area contributed by atoms with Crippen molar-refractivity contribution in [2.24, 2.45) is 5.73 Å². The van der Waals surface area contributed by atoms with Gasteiger partial charge in [0.1, 0.15) is 6.04 Å². The van der Waals surface area contributed by atoms with Crippen LogP contribution in [0.4, 0.5) is 16.5 Å². The molecule has 4 N–H and O–H groups in total. The molecule has 1 aromatic heterocycles. The number of nitrogens with zero attached hydrogens (tertiary/aromatic N) is 2. The van der Waals surface area contributed by atoms with Gasteiger partial charge in [-0.2, -0.15) is 4.98 Å². The number of anilines is 2. The molecule has 3 amide bonds. The molecule has 0 unspecified atom stereocenters. The summed E-state index contributed by atoms with van der Waals surface area (Å²) < 4.78 is 5.22. The van der Waals surface area contributed by atoms with Crippen molar-refractivity contribution in [3.05, 3.63) is 28.1 Å². The average Bonchev–Trinajstić information content (AvgIpc) is 3.10. The number of benzene rings is 1. The molecule has 1 aliphatic rings. The summed E-state index contributed by atoms with van der Waals surface area (Å²) in [5.74, 6) is -0.0516. The number of aromatic nitrogens is 1. The molecule has 1 aliphatic heterocycles. The first kappa shape index (κ1) is 17.7. The monoisotopic (exact) mass is 359 g/mol. The van der Waals surface area contributed by atoms with Crippen LogP contribution in [-0.4, -0.2) is 41.0 Å². The number of likely N-dealkylation sites (tertiary alicyclic amines) is 1. The van der Waals surface area contributed by atoms with Gasteiger partial charge < -0.3 is 25.7 Å². The number of amides is 3. The number of hydrogen-bond acceptors (Lipinski definition) is 6. The van der Waals surface area contributed by atoms with Crippen molar-refractivity contribution >= 4 is 34.5 Å². The summed E-state index contributed by atoms with van der Waals surface area (Å²) in [5.41, 5.74) is 5.84. The van der Waals surface area contributed by atoms with Gasteiger partial charge in [-0.15, -0.1) is 0 Å². The fourth-order valence-electron chi connectivity index (χ4n) is 3.11. The molecule has 1 aromatic carbocycles. The first-order chi connectivity index (χ1) is 12.4. The van der Waals surface area contributed by atoms with Gasteiger partial charge in [-0.1, -0.05) is 0 Å². The third kappa shape index (κ3) is 3.46. The number of nitrogens with two attached hydrogens (primary N) is 1. The Morgan fingerprint density at radius 3 is 2.65 bits per heavy atom. The van der Waals surface area contributed by atoms with E-state index in [1.807, 2.05) is 0 Å². The Morgan fingerprint density at radius 1 is 1.31 bits per heavy atom. The van der Waals surface area contributed by atoms with Crippen molar-refractivity contribution in [3.8, 4) is 0 Å². The number of carbonyl (C=O) groups is 2. The van der Waals surface area contributed by atoms with Crippen LogP contribution >= 0.6 is 0 Å². The lowest BCUT2D eigenvalue weighted by atomic mass is 10.1. The largest absolute Gasteiger partial charge is 0.389 e. The summed E-state index contributed by atoms with van der Waals surface area (Å²) in [7, 11) is 0. The van der Waals surface area contributed by atoms with Crippen LogP contribution in [0.5, 0.6) is 0 Å². The molecule has 0 saturated carbocycles. The molecule has 0 aliphatic carbocycles. The van der Waals surface area contributed by atoms with Crippen LogP contribution < -0.4 is 22.0 Å². The summed E-state index contributed by atoms with van der Waals surface area (Å²) >= 11 is 0. The van der Waals surface area contributed by atoms with Crippen molar-refractivity contribution in [1.82, 2.24) is 9.88 Å². The van der Waals surface area contributed by atoms with E-state index in [9.17, 15) is 14.4 Å². The number of primary amides is 1. The number of nitrogens with one attached hydrogen (secondary N) is 2. The minimum Gasteiger partial charge on any atom is -0.389 e. The predicted molar refractivity (Wildman–Crippen MR) is 97.1 cm³/mol. The molecule has 0 radical (unpaired) electrons. The molecule has 1 saturated heterocycles. The molecule has 0 bridgehead atoms. The van der Waals surface area contributed by atoms with E-state index in [0.29, 0.717) is 16.8 Å². The average molecular weight is 359 g/mol. The standard InChI is InChI=1S/C17H21N5O4/c1-9-11(20-16(18)25)5-6-12-13(9)15(24)26-17(21-12)19-10(2)14(23)22-7-3-4-8-22/h5-6,10H,3-4,7-8H2,1-2H3,(H,19,21)(H3,18,20,25)/t10-/m0/s1. The molecule has 138 valence electrons. The van der Waals surface area contributed by atoms with Crippen LogP contribution in [0.3, 0.4) is 0 Å². The van der Waals surface area contributed by atoms with Crippen molar-refractivity contribution < 1.29 is 14.0 Å². The van der Waals surface area contributed by atoms with Crippen LogP contribution in [0.25, 0.3) is 10.9 Å². The summed E-state index contributed by atoms with van der Waals surface area (Å²) in [5, 5.41) is 5.56. The highest BCUT2D eigenvalue weighted by atomic mass is 16.4. The van der Waals surface area contributed by atoms with E-state index in [1.165, 1.54) is 0 Å². The number of fused-ring (bicyclic) bond motifs is 1. The molecule has 9 nitrogen and oxygen atoms in total. The zero-order chi connectivity index (χ0) is 18.8. The summed E-state index contributed by atoms with van der Waals surface area (Å²) in [6.45, 7) is 4.86. The maximum atomic E-state index is 12.4. The number of rotatable bonds is 4. The van der Waals surface area contributed by atoms with Gasteiger partial charge in [0.25, 0.3) is 6.01 Å². The fourth-order valence-corrected chi connectivity index (χ4v) is 3.11. The molecule has 3 rings (SSSR count). The Morgan fingerprint density at radius 2 is 2.00 bits per heavy atom. The van der Waals surface area contributed by atoms with Crippen LogP contribution in [0.15, 0.2) is 21.3 Å². The second-order valence-electron chi connectivity index (χ2n) is 6.33. The van der Waals surface area contributed by atoms with Crippen molar-refractivity contribution in [2.75, 3.05) is 23.7 Å². The highest BCUT2D eigenvalue weighted by molar-refractivity contribution is 5.94. The van der Waals surface area contributed by atoms with Gasteiger partial charge in [-0.05, 0) is 44.4 Å². The van der Waals surface area contributed by atoms with Gasteiger partial charge in [0.15, 0.2) is 0 Å². The van der Waals surface area contributed by atoms with Crippen LogP contribution in [-0.2, 0) is 4.79 Å². The highest BCUT2D eigenvalue weighted by Crippen LogP contribution is 2.23. The van der Waals surface area contributed by atoms with E-state index in [-0.39, 0.29) is 17.3 Å². The SMILES string of the molecule is Cc1c(NC(N)=O)ccc2nc(N[C@@H](C)C(=O)N3CCCC3)oc(=O)c12. The molecule has 1 fully saturated rings. The van der Waals surface area contributed by atoms with Gasteiger partial charge in [-0.3, -0.25) is 4.79 Å². The Bertz CT molecular complexity index is 917. The van der Waals surface area contributed by atoms with Gasteiger partial charge in [0.05, 0.1) is 10.9 Å². The zero-order valence-electron chi connectivity index (χ0n) is 14.7. The maximum Gasteiger partial charge on any atom is 0.348 e. The molecular weight excluding hydrogens is 338 g/mol. The van der Waals surface area contributed by atoms with Gasteiger partial charge >= 0.3 is 11.7 Å². The van der Waals surface area contributed by atoms with Gasteiger partial charge in [0, 0.05) is 18.8 Å². The topological polar surface area (TPSA) is 131 Å². The number of urea groups is 1. The number of aryl methyl sites for hydroxylation is 1. The minimum atomic E-state index is -0.725. The number of carbonyl (C=O) groups excluding carboxylic acids is 2. The molecule has 26 heavy (non-hydrogen) atoms. The lowest BCUT2D eigenvalue weighted by molar-refractivity contribution is -0.130. The smallest absolute Gasteiger partial charge is 0.348 e. The Balaban J connectivity index is 1.88. The van der Waals surface area contributed by atoms with E-state index in [0.717, 1.165) is 25.9 Å². The molecule has 0 spiro atoms.